The molecule has 0 amide bonds. The van der Waals surface area contributed by atoms with Crippen molar-refractivity contribution in [3.63, 3.8) is 0 Å². The van der Waals surface area contributed by atoms with Gasteiger partial charge in [-0.2, -0.15) is 8.42 Å². The van der Waals surface area contributed by atoms with Crippen molar-refractivity contribution in [3.8, 4) is 11.5 Å². The number of hydrogen-bond donors (Lipinski definition) is 2. The molecule has 0 heterocycles. The molecule has 2 rings (SSSR count). The number of rotatable bonds is 3. The Morgan fingerprint density at radius 1 is 1.10 bits per heavy atom. The van der Waals surface area contributed by atoms with Crippen molar-refractivity contribution in [1.29, 1.82) is 0 Å². The second-order valence-electron chi connectivity index (χ2n) is 3.85. The smallest absolute Gasteiger partial charge is 0.296 e. The van der Waals surface area contributed by atoms with E-state index in [4.69, 9.17) is 38.2 Å². The summed E-state index contributed by atoms with van der Waals surface area (Å²) in [6.45, 7) is 0. The topological polar surface area (TPSA) is 89.6 Å². The molecule has 0 aliphatic rings. The Hall–Kier alpha value is -1.47. The first-order valence-electron chi connectivity index (χ1n) is 5.27. The Labute approximate surface area is 125 Å². The average molecular weight is 334 g/mol. The van der Waals surface area contributed by atoms with Crippen LogP contribution in [0.1, 0.15) is 0 Å². The summed E-state index contributed by atoms with van der Waals surface area (Å²) >= 11 is 11.7. The molecule has 2 aromatic carbocycles. The van der Waals surface area contributed by atoms with E-state index in [2.05, 4.69) is 0 Å². The second kappa shape index (κ2) is 5.49. The molecule has 3 N–H and O–H groups in total. The summed E-state index contributed by atoms with van der Waals surface area (Å²) in [5, 5.41) is 0.709. The van der Waals surface area contributed by atoms with E-state index in [9.17, 15) is 8.42 Å². The molecule has 0 aliphatic heterocycles. The first-order valence-corrected chi connectivity index (χ1v) is 7.47. The largest absolute Gasteiger partial charge is 0.456 e. The quantitative estimate of drug-likeness (QED) is 0.661. The minimum absolute atomic E-state index is 0.0814. The fraction of sp³-hybridized carbons (Fsp3) is 0. The van der Waals surface area contributed by atoms with Gasteiger partial charge in [0.25, 0.3) is 10.1 Å². The van der Waals surface area contributed by atoms with E-state index in [0.29, 0.717) is 10.8 Å². The highest BCUT2D eigenvalue weighted by molar-refractivity contribution is 7.86. The van der Waals surface area contributed by atoms with E-state index in [0.717, 1.165) is 6.07 Å². The van der Waals surface area contributed by atoms with Gasteiger partial charge >= 0.3 is 0 Å². The molecule has 0 saturated heterocycles. The van der Waals surface area contributed by atoms with Crippen LogP contribution in [0.5, 0.6) is 11.5 Å². The molecule has 0 saturated carbocycles. The Kier molecular flexibility index (Phi) is 4.10. The molecule has 0 spiro atoms. The predicted octanol–water partition coefficient (Wildman–Crippen LogP) is 3.61. The van der Waals surface area contributed by atoms with Crippen molar-refractivity contribution in [1.82, 2.24) is 0 Å². The summed E-state index contributed by atoms with van der Waals surface area (Å²) in [4.78, 5) is -0.430. The molecule has 106 valence electrons. The van der Waals surface area contributed by atoms with Gasteiger partial charge in [0.15, 0.2) is 0 Å². The summed E-state index contributed by atoms with van der Waals surface area (Å²) in [5.74, 6) is 0.457. The fourth-order valence-electron chi connectivity index (χ4n) is 1.49. The predicted molar refractivity (Wildman–Crippen MR) is 77.2 cm³/mol. The second-order valence-corrected chi connectivity index (χ2v) is 6.09. The van der Waals surface area contributed by atoms with Crippen molar-refractivity contribution in [3.05, 3.63) is 46.4 Å². The van der Waals surface area contributed by atoms with E-state index in [1.807, 2.05) is 0 Å². The highest BCUT2D eigenvalue weighted by atomic mass is 35.5. The number of halogens is 2. The van der Waals surface area contributed by atoms with Crippen LogP contribution < -0.4 is 10.5 Å². The van der Waals surface area contributed by atoms with Crippen LogP contribution >= 0.6 is 23.2 Å². The maximum atomic E-state index is 11.1. The highest BCUT2D eigenvalue weighted by Gasteiger charge is 2.15. The lowest BCUT2D eigenvalue weighted by molar-refractivity contribution is 0.472. The van der Waals surface area contributed by atoms with Crippen LogP contribution in [0.3, 0.4) is 0 Å². The molecule has 2 aromatic rings. The molecule has 8 heteroatoms. The zero-order chi connectivity index (χ0) is 14.9. The fourth-order valence-corrected chi connectivity index (χ4v) is 2.56. The van der Waals surface area contributed by atoms with Crippen molar-refractivity contribution in [2.45, 2.75) is 4.90 Å². The first-order chi connectivity index (χ1) is 9.27. The minimum atomic E-state index is -4.42. The molecule has 20 heavy (non-hydrogen) atoms. The molecule has 0 radical (unpaired) electrons. The zero-order valence-corrected chi connectivity index (χ0v) is 12.2. The SMILES string of the molecule is Nc1ccc(Oc2ccc(Cl)cc2Cl)cc1S(=O)(=O)O. The monoisotopic (exact) mass is 333 g/mol. The van der Waals surface area contributed by atoms with E-state index in [1.165, 1.54) is 24.3 Å². The lowest BCUT2D eigenvalue weighted by Crippen LogP contribution is -2.03. The molecule has 0 unspecified atom stereocenters. The third-order valence-corrected chi connectivity index (χ3v) is 3.82. The number of ether oxygens (including phenoxy) is 1. The van der Waals surface area contributed by atoms with Gasteiger partial charge in [0.2, 0.25) is 0 Å². The van der Waals surface area contributed by atoms with E-state index >= 15 is 0 Å². The van der Waals surface area contributed by atoms with Gasteiger partial charge in [0.05, 0.1) is 10.7 Å². The molecule has 5 nitrogen and oxygen atoms in total. The van der Waals surface area contributed by atoms with Gasteiger partial charge in [-0.15, -0.1) is 0 Å². The highest BCUT2D eigenvalue weighted by Crippen LogP contribution is 2.33. The summed E-state index contributed by atoms with van der Waals surface area (Å²) in [6, 6.07) is 8.46. The first kappa shape index (κ1) is 14.9. The molecular formula is C12H9Cl2NO4S. The summed E-state index contributed by atoms with van der Waals surface area (Å²) in [5.41, 5.74) is 5.40. The lowest BCUT2D eigenvalue weighted by Gasteiger charge is -2.10. The third kappa shape index (κ3) is 3.34. The Balaban J connectivity index is 2.40. The average Bonchev–Trinajstić information content (AvgIpc) is 2.33. The third-order valence-electron chi connectivity index (χ3n) is 2.38. The van der Waals surface area contributed by atoms with Gasteiger partial charge in [0, 0.05) is 11.1 Å². The van der Waals surface area contributed by atoms with Crippen LogP contribution in [-0.2, 0) is 10.1 Å². The van der Waals surface area contributed by atoms with Crippen molar-refractivity contribution >= 4 is 39.0 Å². The van der Waals surface area contributed by atoms with Gasteiger partial charge in [0.1, 0.15) is 16.4 Å². The summed E-state index contributed by atoms with van der Waals surface area (Å²) in [7, 11) is -4.42. The van der Waals surface area contributed by atoms with Crippen LogP contribution in [0.2, 0.25) is 10.0 Å². The van der Waals surface area contributed by atoms with Gasteiger partial charge in [-0.05, 0) is 30.3 Å². The minimum Gasteiger partial charge on any atom is -0.456 e. The lowest BCUT2D eigenvalue weighted by atomic mass is 10.3. The van der Waals surface area contributed by atoms with Crippen LogP contribution in [-0.4, -0.2) is 13.0 Å². The van der Waals surface area contributed by atoms with Crippen LogP contribution in [0, 0.1) is 0 Å². The van der Waals surface area contributed by atoms with Crippen LogP contribution in [0.4, 0.5) is 5.69 Å². The number of nitrogen functional groups attached to an aromatic ring is 1. The normalized spacial score (nSPS) is 11.3. The standard InChI is InChI=1S/C12H9Cl2NO4S/c13-7-1-4-11(9(14)5-7)19-8-2-3-10(15)12(6-8)20(16,17)18/h1-6H,15H2,(H,16,17,18). The van der Waals surface area contributed by atoms with Crippen molar-refractivity contribution in [2.75, 3.05) is 5.73 Å². The molecular weight excluding hydrogens is 325 g/mol. The number of benzene rings is 2. The Morgan fingerprint density at radius 2 is 1.80 bits per heavy atom. The Morgan fingerprint density at radius 3 is 2.40 bits per heavy atom. The summed E-state index contributed by atoms with van der Waals surface area (Å²) in [6.07, 6.45) is 0. The van der Waals surface area contributed by atoms with Gasteiger partial charge < -0.3 is 10.5 Å². The van der Waals surface area contributed by atoms with Gasteiger partial charge in [-0.3, -0.25) is 4.55 Å². The summed E-state index contributed by atoms with van der Waals surface area (Å²) < 4.78 is 36.8. The maximum absolute atomic E-state index is 11.1. The molecule has 0 aromatic heterocycles. The maximum Gasteiger partial charge on any atom is 0.296 e. The van der Waals surface area contributed by atoms with E-state index in [1.54, 1.807) is 6.07 Å². The molecule has 0 bridgehead atoms. The van der Waals surface area contributed by atoms with E-state index < -0.39 is 15.0 Å². The number of anilines is 1. The zero-order valence-electron chi connectivity index (χ0n) is 9.88. The van der Waals surface area contributed by atoms with Gasteiger partial charge in [-0.25, -0.2) is 0 Å². The Bertz CT molecular complexity index is 762. The van der Waals surface area contributed by atoms with Crippen LogP contribution in [0.15, 0.2) is 41.3 Å². The molecule has 0 aliphatic carbocycles. The number of hydrogen-bond acceptors (Lipinski definition) is 4. The van der Waals surface area contributed by atoms with E-state index in [-0.39, 0.29) is 16.5 Å². The van der Waals surface area contributed by atoms with Crippen molar-refractivity contribution < 1.29 is 17.7 Å². The van der Waals surface area contributed by atoms with Gasteiger partial charge in [-0.1, -0.05) is 23.2 Å². The number of nitrogens with two attached hydrogens (primary N) is 1. The molecule has 0 atom stereocenters. The van der Waals surface area contributed by atoms with Crippen LogP contribution in [0.25, 0.3) is 0 Å². The molecule has 0 fully saturated rings. The van der Waals surface area contributed by atoms with Crippen molar-refractivity contribution in [2.24, 2.45) is 0 Å².